The van der Waals surface area contributed by atoms with Crippen LogP contribution in [0.2, 0.25) is 0 Å². The van der Waals surface area contributed by atoms with Crippen LogP contribution in [0, 0.1) is 11.6 Å². The molecule has 0 aliphatic carbocycles. The van der Waals surface area contributed by atoms with Crippen LogP contribution in [0.5, 0.6) is 0 Å². The Morgan fingerprint density at radius 3 is 2.54 bits per heavy atom. The number of carbonyl (C=O) groups excluding carboxylic acids is 3. The quantitative estimate of drug-likeness (QED) is 0.260. The van der Waals surface area contributed by atoms with E-state index in [2.05, 4.69) is 20.6 Å². The van der Waals surface area contributed by atoms with Crippen LogP contribution in [0.15, 0.2) is 54.6 Å². The normalized spacial score (nSPS) is 11.5. The van der Waals surface area contributed by atoms with Crippen molar-refractivity contribution in [3.05, 3.63) is 71.8 Å². The molecule has 2 N–H and O–H groups in total. The molecule has 39 heavy (non-hydrogen) atoms. The molecule has 10 nitrogen and oxygen atoms in total. The van der Waals surface area contributed by atoms with E-state index in [4.69, 9.17) is 4.74 Å². The van der Waals surface area contributed by atoms with Crippen molar-refractivity contribution in [2.75, 3.05) is 19.0 Å². The van der Waals surface area contributed by atoms with Gasteiger partial charge in [0.1, 0.15) is 6.61 Å². The summed E-state index contributed by atoms with van der Waals surface area (Å²) in [6.07, 6.45) is -0.143. The van der Waals surface area contributed by atoms with Crippen LogP contribution in [0.1, 0.15) is 31.7 Å². The van der Waals surface area contributed by atoms with Crippen LogP contribution in [-0.2, 0) is 32.7 Å². The van der Waals surface area contributed by atoms with E-state index in [9.17, 15) is 23.2 Å². The Morgan fingerprint density at radius 1 is 1.10 bits per heavy atom. The molecule has 0 aliphatic rings. The lowest BCUT2D eigenvalue weighted by atomic mass is 10.1. The molecule has 3 aromatic rings. The Morgan fingerprint density at radius 2 is 1.85 bits per heavy atom. The molecule has 3 rings (SSSR count). The number of amides is 2. The average molecular weight is 544 g/mol. The molecule has 0 aliphatic heterocycles. The van der Waals surface area contributed by atoms with Gasteiger partial charge in [0.2, 0.25) is 5.91 Å². The number of halogens is 2. The van der Waals surface area contributed by atoms with Crippen molar-refractivity contribution in [1.29, 1.82) is 0 Å². The zero-order valence-electron chi connectivity index (χ0n) is 21.9. The molecule has 1 atom stereocenters. The number of ether oxygens (including phenoxy) is 2. The lowest BCUT2D eigenvalue weighted by Crippen LogP contribution is -2.50. The largest absolute Gasteiger partial charge is 0.469 e. The van der Waals surface area contributed by atoms with E-state index < -0.39 is 35.6 Å². The first-order valence-electron chi connectivity index (χ1n) is 12.3. The molecular weight excluding hydrogens is 512 g/mol. The van der Waals surface area contributed by atoms with Gasteiger partial charge in [-0.05, 0) is 24.5 Å². The number of benzene rings is 2. The van der Waals surface area contributed by atoms with Gasteiger partial charge in [-0.25, -0.2) is 19.0 Å². The van der Waals surface area contributed by atoms with Gasteiger partial charge >= 0.3 is 12.1 Å². The number of aromatic nitrogens is 2. The van der Waals surface area contributed by atoms with Crippen LogP contribution in [0.3, 0.4) is 0 Å². The van der Waals surface area contributed by atoms with Gasteiger partial charge in [0, 0.05) is 38.6 Å². The molecule has 12 heteroatoms. The third kappa shape index (κ3) is 8.34. The second-order valence-electron chi connectivity index (χ2n) is 8.69. The highest BCUT2D eigenvalue weighted by Gasteiger charge is 2.24. The maximum atomic E-state index is 14.1. The Kier molecular flexibility index (Phi) is 10.5. The summed E-state index contributed by atoms with van der Waals surface area (Å²) in [6, 6.07) is 14.2. The van der Waals surface area contributed by atoms with Crippen molar-refractivity contribution >= 4 is 23.8 Å². The maximum Gasteiger partial charge on any atom is 0.412 e. The molecule has 0 bridgehead atoms. The molecule has 1 heterocycles. The number of carbonyl (C=O) groups is 3. The average Bonchev–Trinajstić information content (AvgIpc) is 3.28. The van der Waals surface area contributed by atoms with Crippen LogP contribution in [0.4, 0.5) is 19.4 Å². The van der Waals surface area contributed by atoms with E-state index >= 15 is 0 Å². The predicted molar refractivity (Wildman–Crippen MR) is 139 cm³/mol. The fraction of sp³-hybridized carbons (Fsp3) is 0.333. The van der Waals surface area contributed by atoms with Crippen LogP contribution < -0.4 is 10.7 Å². The second kappa shape index (κ2) is 14.0. The molecule has 0 fully saturated rings. The van der Waals surface area contributed by atoms with Gasteiger partial charge in [0.25, 0.3) is 0 Å². The van der Waals surface area contributed by atoms with Gasteiger partial charge in [-0.3, -0.25) is 24.6 Å². The molecule has 0 spiro atoms. The van der Waals surface area contributed by atoms with Gasteiger partial charge in [0.15, 0.2) is 17.5 Å². The molecule has 1 aromatic heterocycles. The summed E-state index contributed by atoms with van der Waals surface area (Å²) in [5.74, 6) is -2.65. The highest BCUT2D eigenvalue weighted by Crippen LogP contribution is 2.22. The molecule has 0 saturated carbocycles. The number of rotatable bonds is 12. The van der Waals surface area contributed by atoms with Gasteiger partial charge in [0.05, 0.1) is 18.8 Å². The molecule has 2 aromatic carbocycles. The predicted octanol–water partition coefficient (Wildman–Crippen LogP) is 4.18. The highest BCUT2D eigenvalue weighted by atomic mass is 19.2. The Hall–Kier alpha value is -4.32. The van der Waals surface area contributed by atoms with Gasteiger partial charge < -0.3 is 9.47 Å². The van der Waals surface area contributed by atoms with Crippen molar-refractivity contribution in [1.82, 2.24) is 20.2 Å². The zero-order chi connectivity index (χ0) is 28.4. The molecule has 0 radical (unpaired) electrons. The molecule has 0 unspecified atom stereocenters. The first-order chi connectivity index (χ1) is 18.7. The van der Waals surface area contributed by atoms with E-state index in [1.54, 1.807) is 17.8 Å². The van der Waals surface area contributed by atoms with Crippen molar-refractivity contribution < 1.29 is 32.6 Å². The molecular formula is C27H31F2N5O5. The number of nitrogens with one attached hydrogen (secondary N) is 2. The molecule has 208 valence electrons. The number of hydrogen-bond donors (Lipinski definition) is 2. The lowest BCUT2D eigenvalue weighted by Gasteiger charge is -2.31. The maximum absolute atomic E-state index is 14.1. The summed E-state index contributed by atoms with van der Waals surface area (Å²) in [4.78, 5) is 36.6. The minimum atomic E-state index is -1.03. The number of hydrazine groups is 1. The SMILES string of the molecule is COC(=O)CCC[C@@H](COC(=O)Nc1cc(-c2ccccc2)n(C)n1)N(NCc1cccc(F)c1F)C(C)=O. The number of aryl methyl sites for hydroxylation is 1. The van der Waals surface area contributed by atoms with Crippen molar-refractivity contribution in [2.24, 2.45) is 7.05 Å². The van der Waals surface area contributed by atoms with E-state index in [0.717, 1.165) is 17.3 Å². The number of esters is 1. The van der Waals surface area contributed by atoms with Gasteiger partial charge in [-0.2, -0.15) is 5.10 Å². The Bertz CT molecular complexity index is 1280. The summed E-state index contributed by atoms with van der Waals surface area (Å²) in [7, 11) is 3.01. The van der Waals surface area contributed by atoms with E-state index in [1.165, 1.54) is 31.2 Å². The standard InChI is InChI=1S/C27H31F2N5O5/c1-18(35)34(30-16-20-11-7-13-22(28)26(20)29)21(12-8-14-25(36)38-3)17-39-27(37)31-24-15-23(33(2)32-24)19-9-5-4-6-10-19/h4-7,9-11,13,15,21,30H,8,12,14,16-17H2,1-3H3,(H,31,32,37)/t21-/m0/s1. The minimum absolute atomic E-state index is 0.0117. The first-order valence-corrected chi connectivity index (χ1v) is 12.3. The van der Waals surface area contributed by atoms with Crippen LogP contribution in [0.25, 0.3) is 11.3 Å². The second-order valence-corrected chi connectivity index (χ2v) is 8.69. The minimum Gasteiger partial charge on any atom is -0.469 e. The topological polar surface area (TPSA) is 115 Å². The molecule has 0 saturated heterocycles. The number of methoxy groups -OCH3 is 1. The first kappa shape index (κ1) is 29.2. The summed E-state index contributed by atoms with van der Waals surface area (Å²) >= 11 is 0. The number of anilines is 1. The highest BCUT2D eigenvalue weighted by molar-refractivity contribution is 5.84. The summed E-state index contributed by atoms with van der Waals surface area (Å²) in [5.41, 5.74) is 4.50. The Balaban J connectivity index is 1.67. The van der Waals surface area contributed by atoms with E-state index in [0.29, 0.717) is 6.42 Å². The summed E-state index contributed by atoms with van der Waals surface area (Å²) in [6.45, 7) is 0.837. The van der Waals surface area contributed by atoms with Crippen LogP contribution in [-0.4, -0.2) is 52.5 Å². The van der Waals surface area contributed by atoms with Crippen molar-refractivity contribution in [2.45, 2.75) is 38.8 Å². The third-order valence-corrected chi connectivity index (χ3v) is 5.91. The van der Waals surface area contributed by atoms with Gasteiger partial charge in [-0.1, -0.05) is 42.5 Å². The zero-order valence-corrected chi connectivity index (χ0v) is 21.9. The smallest absolute Gasteiger partial charge is 0.412 e. The lowest BCUT2D eigenvalue weighted by molar-refractivity contribution is -0.140. The van der Waals surface area contributed by atoms with Gasteiger partial charge in [-0.15, -0.1) is 0 Å². The fourth-order valence-corrected chi connectivity index (χ4v) is 3.94. The summed E-state index contributed by atoms with van der Waals surface area (Å²) < 4.78 is 39.4. The number of nitrogens with zero attached hydrogens (tertiary/aromatic N) is 3. The third-order valence-electron chi connectivity index (χ3n) is 5.91. The fourth-order valence-electron chi connectivity index (χ4n) is 3.94. The monoisotopic (exact) mass is 543 g/mol. The van der Waals surface area contributed by atoms with Crippen molar-refractivity contribution in [3.63, 3.8) is 0 Å². The Labute approximate surface area is 224 Å². The molecule has 2 amide bonds. The van der Waals surface area contributed by atoms with Crippen LogP contribution >= 0.6 is 0 Å². The summed E-state index contributed by atoms with van der Waals surface area (Å²) in [5, 5.41) is 8.04. The van der Waals surface area contributed by atoms with E-state index in [1.807, 2.05) is 30.3 Å². The van der Waals surface area contributed by atoms with E-state index in [-0.39, 0.29) is 37.4 Å². The van der Waals surface area contributed by atoms with Crippen molar-refractivity contribution in [3.8, 4) is 11.3 Å². The number of hydrogen-bond acceptors (Lipinski definition) is 7.